The summed E-state index contributed by atoms with van der Waals surface area (Å²) in [5.74, 6) is 1.78. The van der Waals surface area contributed by atoms with Gasteiger partial charge in [-0.15, -0.1) is 0 Å². The highest BCUT2D eigenvalue weighted by molar-refractivity contribution is 9.10. The predicted molar refractivity (Wildman–Crippen MR) is 74.2 cm³/mol. The van der Waals surface area contributed by atoms with Crippen molar-refractivity contribution in [2.24, 2.45) is 0 Å². The lowest BCUT2D eigenvalue weighted by molar-refractivity contribution is 0.407. The van der Waals surface area contributed by atoms with E-state index in [0.29, 0.717) is 23.1 Å². The van der Waals surface area contributed by atoms with E-state index in [0.717, 1.165) is 10.0 Å². The first kappa shape index (κ1) is 12.7. The van der Waals surface area contributed by atoms with E-state index in [-0.39, 0.29) is 0 Å². The van der Waals surface area contributed by atoms with Crippen molar-refractivity contribution in [3.63, 3.8) is 0 Å². The van der Waals surface area contributed by atoms with Gasteiger partial charge in [-0.3, -0.25) is 0 Å². The Morgan fingerprint density at radius 2 is 2.06 bits per heavy atom. The molecule has 2 N–H and O–H groups in total. The Morgan fingerprint density at radius 3 is 2.61 bits per heavy atom. The van der Waals surface area contributed by atoms with Crippen molar-refractivity contribution < 1.29 is 9.47 Å². The molecular formula is C13H13BrN2O2. The van der Waals surface area contributed by atoms with Crippen molar-refractivity contribution in [2.75, 3.05) is 12.8 Å². The number of methoxy groups -OCH3 is 1. The molecule has 0 saturated heterocycles. The maximum absolute atomic E-state index is 5.92. The minimum Gasteiger partial charge on any atom is -0.495 e. The quantitative estimate of drug-likeness (QED) is 0.881. The Bertz CT molecular complexity index is 532. The molecule has 0 aliphatic heterocycles. The maximum Gasteiger partial charge on any atom is 0.219 e. The molecule has 0 amide bonds. The summed E-state index contributed by atoms with van der Waals surface area (Å²) in [5, 5.41) is 0. The molecule has 0 atom stereocenters. The van der Waals surface area contributed by atoms with Gasteiger partial charge in [-0.2, -0.15) is 0 Å². The van der Waals surface area contributed by atoms with Crippen LogP contribution in [0.25, 0.3) is 0 Å². The normalized spacial score (nSPS) is 10.2. The van der Waals surface area contributed by atoms with E-state index < -0.39 is 0 Å². The number of halogens is 1. The number of nitrogen functional groups attached to an aromatic ring is 1. The number of benzene rings is 1. The molecule has 94 valence electrons. The maximum atomic E-state index is 5.92. The largest absolute Gasteiger partial charge is 0.495 e. The summed E-state index contributed by atoms with van der Waals surface area (Å²) in [6.07, 6.45) is 1.60. The second-order valence-corrected chi connectivity index (χ2v) is 4.70. The Morgan fingerprint density at radius 1 is 1.28 bits per heavy atom. The van der Waals surface area contributed by atoms with Gasteiger partial charge in [-0.1, -0.05) is 15.9 Å². The second kappa shape index (κ2) is 5.27. The SMILES string of the molecule is COc1ccc(Oc2c(C)cc(Br)cc2N)nc1. The van der Waals surface area contributed by atoms with Crippen LogP contribution in [-0.4, -0.2) is 12.1 Å². The highest BCUT2D eigenvalue weighted by Crippen LogP contribution is 2.33. The summed E-state index contributed by atoms with van der Waals surface area (Å²) < 4.78 is 11.6. The molecule has 0 bridgehead atoms. The number of nitrogens with two attached hydrogens (primary N) is 1. The number of anilines is 1. The molecule has 1 aromatic carbocycles. The smallest absolute Gasteiger partial charge is 0.219 e. The monoisotopic (exact) mass is 308 g/mol. The lowest BCUT2D eigenvalue weighted by Gasteiger charge is -2.11. The molecule has 0 spiro atoms. The van der Waals surface area contributed by atoms with Crippen molar-refractivity contribution in [3.8, 4) is 17.4 Å². The number of aromatic nitrogens is 1. The molecule has 0 radical (unpaired) electrons. The minimum absolute atomic E-state index is 0.480. The fourth-order valence-electron chi connectivity index (χ4n) is 1.55. The molecule has 2 rings (SSSR count). The molecule has 1 aromatic heterocycles. The van der Waals surface area contributed by atoms with Gasteiger partial charge in [0.2, 0.25) is 5.88 Å². The molecule has 0 aliphatic rings. The van der Waals surface area contributed by atoms with Crippen LogP contribution in [0, 0.1) is 6.92 Å². The van der Waals surface area contributed by atoms with E-state index in [1.165, 1.54) is 0 Å². The minimum atomic E-state index is 0.480. The summed E-state index contributed by atoms with van der Waals surface area (Å²) in [7, 11) is 1.59. The van der Waals surface area contributed by atoms with Crippen LogP contribution in [0.3, 0.4) is 0 Å². The number of rotatable bonds is 3. The van der Waals surface area contributed by atoms with Crippen LogP contribution in [0.5, 0.6) is 17.4 Å². The van der Waals surface area contributed by atoms with Crippen LogP contribution in [0.2, 0.25) is 0 Å². The van der Waals surface area contributed by atoms with Crippen molar-refractivity contribution in [1.29, 1.82) is 0 Å². The van der Waals surface area contributed by atoms with Crippen LogP contribution in [0.15, 0.2) is 34.9 Å². The van der Waals surface area contributed by atoms with Crippen LogP contribution in [0.1, 0.15) is 5.56 Å². The Labute approximate surface area is 114 Å². The first-order valence-corrected chi connectivity index (χ1v) is 6.13. The van der Waals surface area contributed by atoms with Crippen LogP contribution in [-0.2, 0) is 0 Å². The summed E-state index contributed by atoms with van der Waals surface area (Å²) >= 11 is 3.38. The number of aryl methyl sites for hydroxylation is 1. The van der Waals surface area contributed by atoms with Crippen LogP contribution >= 0.6 is 15.9 Å². The van der Waals surface area contributed by atoms with Crippen molar-refractivity contribution in [2.45, 2.75) is 6.92 Å². The Kier molecular flexibility index (Phi) is 3.72. The van der Waals surface area contributed by atoms with Crippen LogP contribution in [0.4, 0.5) is 5.69 Å². The lowest BCUT2D eigenvalue weighted by atomic mass is 10.2. The van der Waals surface area contributed by atoms with E-state index in [4.69, 9.17) is 15.2 Å². The molecule has 0 fully saturated rings. The zero-order valence-electron chi connectivity index (χ0n) is 10.1. The highest BCUT2D eigenvalue weighted by Gasteiger charge is 2.08. The number of pyridine rings is 1. The molecule has 0 aliphatic carbocycles. The van der Waals surface area contributed by atoms with Crippen LogP contribution < -0.4 is 15.2 Å². The van der Waals surface area contributed by atoms with Gasteiger partial charge in [0, 0.05) is 10.5 Å². The molecule has 4 nitrogen and oxygen atoms in total. The van der Waals surface area contributed by atoms with E-state index in [1.807, 2.05) is 13.0 Å². The molecule has 1 heterocycles. The van der Waals surface area contributed by atoms with Crippen molar-refractivity contribution in [1.82, 2.24) is 4.98 Å². The van der Waals surface area contributed by atoms with Gasteiger partial charge in [0.05, 0.1) is 19.0 Å². The van der Waals surface area contributed by atoms with Gasteiger partial charge < -0.3 is 15.2 Å². The van der Waals surface area contributed by atoms with Gasteiger partial charge in [0.1, 0.15) is 5.75 Å². The van der Waals surface area contributed by atoms with E-state index >= 15 is 0 Å². The van der Waals surface area contributed by atoms with Gasteiger partial charge in [-0.25, -0.2) is 4.98 Å². The molecule has 0 saturated carbocycles. The molecule has 2 aromatic rings. The predicted octanol–water partition coefficient (Wildman–Crippen LogP) is 3.54. The second-order valence-electron chi connectivity index (χ2n) is 3.78. The third kappa shape index (κ3) is 2.73. The molecular weight excluding hydrogens is 296 g/mol. The summed E-state index contributed by atoms with van der Waals surface area (Å²) in [6, 6.07) is 7.26. The van der Waals surface area contributed by atoms with Gasteiger partial charge in [0.15, 0.2) is 5.75 Å². The summed E-state index contributed by atoms with van der Waals surface area (Å²) in [6.45, 7) is 1.93. The zero-order chi connectivity index (χ0) is 13.1. The lowest BCUT2D eigenvalue weighted by Crippen LogP contribution is -1.96. The topological polar surface area (TPSA) is 57.4 Å². The number of ether oxygens (including phenoxy) is 2. The Balaban J connectivity index is 2.28. The number of hydrogen-bond acceptors (Lipinski definition) is 4. The van der Waals surface area contributed by atoms with Gasteiger partial charge in [-0.05, 0) is 30.7 Å². The van der Waals surface area contributed by atoms with Crippen molar-refractivity contribution >= 4 is 21.6 Å². The van der Waals surface area contributed by atoms with E-state index in [2.05, 4.69) is 20.9 Å². The first-order valence-electron chi connectivity index (χ1n) is 5.33. The van der Waals surface area contributed by atoms with E-state index in [9.17, 15) is 0 Å². The molecule has 5 heteroatoms. The standard InChI is InChI=1S/C13H13BrN2O2/c1-8-5-9(14)6-11(15)13(8)18-12-4-3-10(17-2)7-16-12/h3-7H,15H2,1-2H3. The molecule has 0 unspecified atom stereocenters. The van der Waals surface area contributed by atoms with Gasteiger partial charge >= 0.3 is 0 Å². The fourth-order valence-corrected chi connectivity index (χ4v) is 2.14. The third-order valence-corrected chi connectivity index (χ3v) is 2.88. The zero-order valence-corrected chi connectivity index (χ0v) is 11.7. The molecule has 18 heavy (non-hydrogen) atoms. The van der Waals surface area contributed by atoms with Crippen molar-refractivity contribution in [3.05, 3.63) is 40.5 Å². The fraction of sp³-hybridized carbons (Fsp3) is 0.154. The first-order chi connectivity index (χ1) is 8.60. The van der Waals surface area contributed by atoms with E-state index in [1.54, 1.807) is 31.5 Å². The summed E-state index contributed by atoms with van der Waals surface area (Å²) in [5.41, 5.74) is 7.43. The average molecular weight is 309 g/mol. The highest BCUT2D eigenvalue weighted by atomic mass is 79.9. The number of hydrogen-bond donors (Lipinski definition) is 1. The Hall–Kier alpha value is -1.75. The number of nitrogens with zero attached hydrogens (tertiary/aromatic N) is 1. The average Bonchev–Trinajstić information content (AvgIpc) is 2.34. The third-order valence-electron chi connectivity index (χ3n) is 2.42. The summed E-state index contributed by atoms with van der Waals surface area (Å²) in [4.78, 5) is 4.13. The van der Waals surface area contributed by atoms with Gasteiger partial charge in [0.25, 0.3) is 0 Å².